The van der Waals surface area contributed by atoms with Crippen LogP contribution in [0.2, 0.25) is 0 Å². The predicted molar refractivity (Wildman–Crippen MR) is 87.0 cm³/mol. The fourth-order valence-electron chi connectivity index (χ4n) is 2.89. The Balaban J connectivity index is 2.10. The zero-order chi connectivity index (χ0) is 17.5. The van der Waals surface area contributed by atoms with Crippen molar-refractivity contribution in [2.75, 3.05) is 26.3 Å². The molecule has 0 bridgehead atoms. The van der Waals surface area contributed by atoms with Crippen LogP contribution in [-0.4, -0.2) is 53.3 Å². The second-order valence-corrected chi connectivity index (χ2v) is 6.18. The van der Waals surface area contributed by atoms with Gasteiger partial charge in [0.15, 0.2) is 5.69 Å². The Hall–Kier alpha value is -1.89. The third-order valence-electron chi connectivity index (χ3n) is 4.28. The van der Waals surface area contributed by atoms with E-state index in [1.165, 1.54) is 0 Å². The summed E-state index contributed by atoms with van der Waals surface area (Å²) in [5.74, 6) is -1.000. The van der Waals surface area contributed by atoms with Crippen LogP contribution in [0, 0.1) is 5.92 Å². The fraction of sp³-hybridized carbons (Fsp3) is 0.706. The lowest BCUT2D eigenvalue weighted by Crippen LogP contribution is -2.38. The van der Waals surface area contributed by atoms with E-state index >= 15 is 0 Å². The lowest BCUT2D eigenvalue weighted by atomic mass is 9.96. The van der Waals surface area contributed by atoms with Gasteiger partial charge in [0, 0.05) is 38.3 Å². The molecule has 0 saturated heterocycles. The summed E-state index contributed by atoms with van der Waals surface area (Å²) >= 11 is 0. The quantitative estimate of drug-likeness (QED) is 0.694. The van der Waals surface area contributed by atoms with Crippen molar-refractivity contribution in [3.63, 3.8) is 0 Å². The highest BCUT2D eigenvalue weighted by Crippen LogP contribution is 2.25. The molecule has 2 rings (SSSR count). The first-order valence-corrected chi connectivity index (χ1v) is 8.61. The SMILES string of the molecule is CCOCCCN(CC(C)C(=O)O)C(=O)c1noc2c1CCCC2. The van der Waals surface area contributed by atoms with Crippen LogP contribution in [-0.2, 0) is 22.4 Å². The van der Waals surface area contributed by atoms with E-state index in [1.54, 1.807) is 11.8 Å². The molecule has 0 spiro atoms. The Morgan fingerprint density at radius 2 is 2.12 bits per heavy atom. The van der Waals surface area contributed by atoms with Crippen molar-refractivity contribution >= 4 is 11.9 Å². The van der Waals surface area contributed by atoms with Crippen LogP contribution >= 0.6 is 0 Å². The van der Waals surface area contributed by atoms with E-state index in [1.807, 2.05) is 6.92 Å². The summed E-state index contributed by atoms with van der Waals surface area (Å²) in [5.41, 5.74) is 1.24. The molecule has 1 heterocycles. The summed E-state index contributed by atoms with van der Waals surface area (Å²) in [5, 5.41) is 13.1. The summed E-state index contributed by atoms with van der Waals surface area (Å²) in [7, 11) is 0. The molecule has 24 heavy (non-hydrogen) atoms. The summed E-state index contributed by atoms with van der Waals surface area (Å²) in [6.07, 6.45) is 4.33. The highest BCUT2D eigenvalue weighted by atomic mass is 16.5. The molecular weight excluding hydrogens is 312 g/mol. The van der Waals surface area contributed by atoms with Gasteiger partial charge in [-0.05, 0) is 32.6 Å². The van der Waals surface area contributed by atoms with E-state index < -0.39 is 11.9 Å². The first-order valence-electron chi connectivity index (χ1n) is 8.61. The lowest BCUT2D eigenvalue weighted by Gasteiger charge is -2.24. The molecule has 0 saturated carbocycles. The average molecular weight is 338 g/mol. The molecule has 1 aliphatic carbocycles. The molecule has 1 aromatic rings. The Morgan fingerprint density at radius 1 is 1.38 bits per heavy atom. The molecule has 1 aliphatic rings. The number of carboxylic acids is 1. The van der Waals surface area contributed by atoms with Gasteiger partial charge in [0.05, 0.1) is 5.92 Å². The van der Waals surface area contributed by atoms with Crippen molar-refractivity contribution in [1.82, 2.24) is 10.1 Å². The summed E-state index contributed by atoms with van der Waals surface area (Å²) in [6.45, 7) is 5.27. The van der Waals surface area contributed by atoms with Crippen molar-refractivity contribution in [2.45, 2.75) is 46.0 Å². The standard InChI is InChI=1S/C17H26N2O5/c1-3-23-10-6-9-19(11-12(2)17(21)22)16(20)15-13-7-4-5-8-14(13)24-18-15/h12H,3-11H2,1-2H3,(H,21,22). The molecule has 0 radical (unpaired) electrons. The van der Waals surface area contributed by atoms with Crippen molar-refractivity contribution in [3.05, 3.63) is 17.0 Å². The van der Waals surface area contributed by atoms with Gasteiger partial charge in [-0.15, -0.1) is 0 Å². The number of carbonyl (C=O) groups is 2. The number of carbonyl (C=O) groups excluding carboxylic acids is 1. The van der Waals surface area contributed by atoms with Gasteiger partial charge in [-0.25, -0.2) is 0 Å². The largest absolute Gasteiger partial charge is 0.481 e. The molecular formula is C17H26N2O5. The van der Waals surface area contributed by atoms with E-state index in [4.69, 9.17) is 14.4 Å². The van der Waals surface area contributed by atoms with Crippen LogP contribution in [0.25, 0.3) is 0 Å². The van der Waals surface area contributed by atoms with Gasteiger partial charge in [-0.3, -0.25) is 9.59 Å². The Morgan fingerprint density at radius 3 is 2.83 bits per heavy atom. The van der Waals surface area contributed by atoms with Crippen LogP contribution in [0.1, 0.15) is 54.9 Å². The molecule has 1 aromatic heterocycles. The maximum Gasteiger partial charge on any atom is 0.308 e. The summed E-state index contributed by atoms with van der Waals surface area (Å²) in [6, 6.07) is 0. The number of hydrogen-bond acceptors (Lipinski definition) is 5. The number of aromatic nitrogens is 1. The monoisotopic (exact) mass is 338 g/mol. The maximum atomic E-state index is 12.9. The number of amides is 1. The number of aliphatic carboxylic acids is 1. The van der Waals surface area contributed by atoms with E-state index in [0.29, 0.717) is 31.9 Å². The molecule has 0 aromatic carbocycles. The summed E-state index contributed by atoms with van der Waals surface area (Å²) < 4.78 is 10.6. The van der Waals surface area contributed by atoms with Crippen molar-refractivity contribution < 1.29 is 24.0 Å². The van der Waals surface area contributed by atoms with Gasteiger partial charge in [-0.1, -0.05) is 12.1 Å². The van der Waals surface area contributed by atoms with Gasteiger partial charge in [0.1, 0.15) is 5.76 Å². The minimum Gasteiger partial charge on any atom is -0.481 e. The van der Waals surface area contributed by atoms with Gasteiger partial charge < -0.3 is 19.3 Å². The molecule has 7 heteroatoms. The second kappa shape index (κ2) is 8.82. The molecule has 0 fully saturated rings. The number of ether oxygens (including phenoxy) is 1. The van der Waals surface area contributed by atoms with Crippen LogP contribution in [0.4, 0.5) is 0 Å². The molecule has 1 atom stereocenters. The average Bonchev–Trinajstić information content (AvgIpc) is 3.00. The molecule has 0 aliphatic heterocycles. The van der Waals surface area contributed by atoms with E-state index in [9.17, 15) is 9.59 Å². The number of fused-ring (bicyclic) bond motifs is 1. The highest BCUT2D eigenvalue weighted by Gasteiger charge is 2.29. The molecule has 1 unspecified atom stereocenters. The van der Waals surface area contributed by atoms with E-state index in [0.717, 1.165) is 37.0 Å². The minimum atomic E-state index is -0.917. The molecule has 1 N–H and O–H groups in total. The summed E-state index contributed by atoms with van der Waals surface area (Å²) in [4.78, 5) is 25.6. The van der Waals surface area contributed by atoms with Crippen LogP contribution in [0.3, 0.4) is 0 Å². The first kappa shape index (κ1) is 18.4. The number of rotatable bonds is 9. The van der Waals surface area contributed by atoms with E-state index in [2.05, 4.69) is 5.16 Å². The highest BCUT2D eigenvalue weighted by molar-refractivity contribution is 5.94. The smallest absolute Gasteiger partial charge is 0.308 e. The normalized spacial score (nSPS) is 14.9. The van der Waals surface area contributed by atoms with Crippen LogP contribution < -0.4 is 0 Å². The van der Waals surface area contributed by atoms with Crippen LogP contribution in [0.15, 0.2) is 4.52 Å². The Kier molecular flexibility index (Phi) is 6.78. The minimum absolute atomic E-state index is 0.155. The van der Waals surface area contributed by atoms with Crippen molar-refractivity contribution in [2.24, 2.45) is 5.92 Å². The molecule has 1 amide bonds. The van der Waals surface area contributed by atoms with Crippen LogP contribution in [0.5, 0.6) is 0 Å². The first-order chi connectivity index (χ1) is 11.5. The van der Waals surface area contributed by atoms with Gasteiger partial charge >= 0.3 is 5.97 Å². The topological polar surface area (TPSA) is 92.9 Å². The molecule has 7 nitrogen and oxygen atoms in total. The van der Waals surface area contributed by atoms with Gasteiger partial charge in [0.25, 0.3) is 5.91 Å². The molecule has 134 valence electrons. The zero-order valence-electron chi connectivity index (χ0n) is 14.4. The maximum absolute atomic E-state index is 12.9. The lowest BCUT2D eigenvalue weighted by molar-refractivity contribution is -0.141. The van der Waals surface area contributed by atoms with Crippen molar-refractivity contribution in [1.29, 1.82) is 0 Å². The third-order valence-corrected chi connectivity index (χ3v) is 4.28. The fourth-order valence-corrected chi connectivity index (χ4v) is 2.89. The van der Waals surface area contributed by atoms with E-state index in [-0.39, 0.29) is 12.5 Å². The second-order valence-electron chi connectivity index (χ2n) is 6.18. The van der Waals surface area contributed by atoms with Gasteiger partial charge in [0.2, 0.25) is 0 Å². The zero-order valence-corrected chi connectivity index (χ0v) is 14.4. The number of carboxylic acid groups (broad SMARTS) is 1. The number of hydrogen-bond donors (Lipinski definition) is 1. The number of aryl methyl sites for hydroxylation is 1. The Bertz CT molecular complexity index is 569. The predicted octanol–water partition coefficient (Wildman–Crippen LogP) is 2.14. The number of nitrogens with zero attached hydrogens (tertiary/aromatic N) is 2. The van der Waals surface area contributed by atoms with Gasteiger partial charge in [-0.2, -0.15) is 0 Å². The third kappa shape index (κ3) is 4.56. The van der Waals surface area contributed by atoms with Crippen molar-refractivity contribution in [3.8, 4) is 0 Å². The Labute approximate surface area is 141 Å².